The van der Waals surface area contributed by atoms with Gasteiger partial charge < -0.3 is 15.3 Å². The minimum atomic E-state index is -0.761. The number of hydrogen-bond acceptors (Lipinski definition) is 5. The first-order valence-electron chi connectivity index (χ1n) is 9.23. The number of halogens is 1. The summed E-state index contributed by atoms with van der Waals surface area (Å²) < 4.78 is 2.25. The molecule has 0 saturated heterocycles. The van der Waals surface area contributed by atoms with E-state index in [0.717, 1.165) is 30.2 Å². The number of carboxylic acids is 1. The summed E-state index contributed by atoms with van der Waals surface area (Å²) in [6.07, 6.45) is 11.3. The van der Waals surface area contributed by atoms with Gasteiger partial charge in [0.1, 0.15) is 0 Å². The minimum absolute atomic E-state index is 0.171. The lowest BCUT2D eigenvalue weighted by Gasteiger charge is -2.18. The van der Waals surface area contributed by atoms with Crippen molar-refractivity contribution >= 4 is 45.0 Å². The maximum absolute atomic E-state index is 10.5. The first-order valence-corrected chi connectivity index (χ1v) is 11.9. The van der Waals surface area contributed by atoms with Crippen LogP contribution in [-0.2, 0) is 4.79 Å². The molecule has 1 aliphatic carbocycles. The maximum atomic E-state index is 10.5. The maximum Gasteiger partial charge on any atom is 0.303 e. The van der Waals surface area contributed by atoms with E-state index in [4.69, 9.17) is 5.11 Å². The van der Waals surface area contributed by atoms with E-state index in [1.807, 2.05) is 17.5 Å². The molecular formula is C20H27BrO4S2. The molecule has 4 nitrogen and oxygen atoms in total. The second-order valence-corrected chi connectivity index (χ2v) is 9.96. The summed E-state index contributed by atoms with van der Waals surface area (Å²) in [7, 11) is 0. The summed E-state index contributed by atoms with van der Waals surface area (Å²) in [5.41, 5.74) is 0. The largest absolute Gasteiger partial charge is 0.481 e. The second kappa shape index (κ2) is 12.1. The fraction of sp³-hybridized carbons (Fsp3) is 0.550. The van der Waals surface area contributed by atoms with Gasteiger partial charge in [-0.15, -0.1) is 23.1 Å². The summed E-state index contributed by atoms with van der Waals surface area (Å²) in [5, 5.41) is 31.1. The van der Waals surface area contributed by atoms with Gasteiger partial charge >= 0.3 is 5.97 Å². The van der Waals surface area contributed by atoms with Gasteiger partial charge in [-0.25, -0.2) is 0 Å². The number of thioether (sulfide) groups is 1. The van der Waals surface area contributed by atoms with Gasteiger partial charge in [-0.2, -0.15) is 0 Å². The number of aliphatic hydroxyl groups excluding tert-OH is 2. The fourth-order valence-corrected chi connectivity index (χ4v) is 5.84. The first-order chi connectivity index (χ1) is 13.0. The predicted octanol–water partition coefficient (Wildman–Crippen LogP) is 5.11. The molecule has 0 spiro atoms. The molecule has 1 unspecified atom stereocenters. The third-order valence-electron chi connectivity index (χ3n) is 4.70. The van der Waals surface area contributed by atoms with Crippen molar-refractivity contribution in [1.82, 2.24) is 0 Å². The molecule has 27 heavy (non-hydrogen) atoms. The molecule has 1 fully saturated rings. The summed E-state index contributed by atoms with van der Waals surface area (Å²) in [4.78, 5) is 10.5. The van der Waals surface area contributed by atoms with Crippen LogP contribution in [0.1, 0.15) is 38.5 Å². The number of carbonyl (C=O) groups is 1. The Bertz CT molecular complexity index is 644. The van der Waals surface area contributed by atoms with E-state index in [9.17, 15) is 15.0 Å². The summed E-state index contributed by atoms with van der Waals surface area (Å²) >= 11 is 6.73. The van der Waals surface area contributed by atoms with Crippen LogP contribution >= 0.6 is 39.0 Å². The highest BCUT2D eigenvalue weighted by molar-refractivity contribution is 9.10. The van der Waals surface area contributed by atoms with E-state index in [1.165, 1.54) is 4.21 Å². The standard InChI is InChI=1S/C20H27BrO4S2/c21-15-11-20(26-12-15)27-13-16(22)9-7-14-8-10-18(23)17(14)5-3-1-2-4-6-19(24)25/h1,3,7,9,11-12,14,16-18,22-23H,2,4-6,8,10,13H2,(H,24,25)/t14-,16+,17+,18?/m0/s1. The van der Waals surface area contributed by atoms with Crippen molar-refractivity contribution in [2.75, 3.05) is 5.75 Å². The average Bonchev–Trinajstić information content (AvgIpc) is 3.20. The average molecular weight is 475 g/mol. The lowest BCUT2D eigenvalue weighted by atomic mass is 9.90. The first kappa shape index (κ1) is 22.7. The zero-order valence-corrected chi connectivity index (χ0v) is 18.4. The molecular weight excluding hydrogens is 448 g/mol. The highest BCUT2D eigenvalue weighted by Gasteiger charge is 2.32. The fourth-order valence-electron chi connectivity index (χ4n) is 3.25. The lowest BCUT2D eigenvalue weighted by molar-refractivity contribution is -0.137. The molecule has 1 aliphatic rings. The van der Waals surface area contributed by atoms with Crippen LogP contribution in [-0.4, -0.2) is 39.2 Å². The normalized spacial score (nSPS) is 24.2. The van der Waals surface area contributed by atoms with Gasteiger partial charge in [0, 0.05) is 22.0 Å². The number of aliphatic hydroxyl groups is 2. The highest BCUT2D eigenvalue weighted by Crippen LogP contribution is 2.36. The molecule has 2 rings (SSSR count). The third-order valence-corrected chi connectivity index (χ3v) is 7.73. The Morgan fingerprint density at radius 2 is 2.22 bits per heavy atom. The van der Waals surface area contributed by atoms with Crippen molar-refractivity contribution in [2.24, 2.45) is 11.8 Å². The molecule has 0 aromatic carbocycles. The molecule has 0 bridgehead atoms. The van der Waals surface area contributed by atoms with Crippen LogP contribution in [0.4, 0.5) is 0 Å². The van der Waals surface area contributed by atoms with E-state index >= 15 is 0 Å². The number of carboxylic acid groups (broad SMARTS) is 1. The Hall–Kier alpha value is -0.600. The molecule has 0 radical (unpaired) electrons. The van der Waals surface area contributed by atoms with Crippen LogP contribution in [0.5, 0.6) is 0 Å². The van der Waals surface area contributed by atoms with Crippen molar-refractivity contribution in [3.8, 4) is 0 Å². The SMILES string of the molecule is O=C(O)CCCC=CC[C@H]1C(O)CC[C@@H]1C=C[C@@H](O)CSc1cc(Br)cs1. The van der Waals surface area contributed by atoms with Crippen molar-refractivity contribution in [2.45, 2.75) is 54.9 Å². The molecule has 1 aromatic heterocycles. The van der Waals surface area contributed by atoms with E-state index in [1.54, 1.807) is 23.1 Å². The van der Waals surface area contributed by atoms with Crippen LogP contribution in [0.15, 0.2) is 44.4 Å². The van der Waals surface area contributed by atoms with Gasteiger partial charge in [0.05, 0.1) is 16.4 Å². The number of thiophene rings is 1. The number of aliphatic carboxylic acids is 1. The Morgan fingerprint density at radius 1 is 1.41 bits per heavy atom. The molecule has 7 heteroatoms. The van der Waals surface area contributed by atoms with Gasteiger partial charge in [0.2, 0.25) is 0 Å². The Morgan fingerprint density at radius 3 is 2.93 bits per heavy atom. The Balaban J connectivity index is 1.74. The van der Waals surface area contributed by atoms with Crippen molar-refractivity contribution in [3.05, 3.63) is 40.2 Å². The summed E-state index contributed by atoms with van der Waals surface area (Å²) in [6.45, 7) is 0. The van der Waals surface area contributed by atoms with Crippen LogP contribution in [0.25, 0.3) is 0 Å². The van der Waals surface area contributed by atoms with E-state index < -0.39 is 12.1 Å². The van der Waals surface area contributed by atoms with Gasteiger partial charge in [0.15, 0.2) is 0 Å². The third kappa shape index (κ3) is 8.52. The molecule has 1 aromatic rings. The molecule has 1 heterocycles. The quantitative estimate of drug-likeness (QED) is 0.236. The van der Waals surface area contributed by atoms with Gasteiger partial charge in [-0.3, -0.25) is 4.79 Å². The van der Waals surface area contributed by atoms with Crippen LogP contribution in [0.3, 0.4) is 0 Å². The summed E-state index contributed by atoms with van der Waals surface area (Å²) in [5.74, 6) is 0.305. The second-order valence-electron chi connectivity index (χ2n) is 6.81. The zero-order valence-electron chi connectivity index (χ0n) is 15.2. The number of unbranched alkanes of at least 4 members (excludes halogenated alkanes) is 1. The number of hydrogen-bond donors (Lipinski definition) is 3. The summed E-state index contributed by atoms with van der Waals surface area (Å²) in [6, 6.07) is 2.05. The molecule has 3 N–H and O–H groups in total. The monoisotopic (exact) mass is 474 g/mol. The zero-order chi connectivity index (χ0) is 19.6. The number of rotatable bonds is 11. The van der Waals surface area contributed by atoms with Gasteiger partial charge in [0.25, 0.3) is 0 Å². The molecule has 0 aliphatic heterocycles. The molecule has 150 valence electrons. The Labute approximate surface area is 177 Å². The smallest absolute Gasteiger partial charge is 0.303 e. The molecule has 0 amide bonds. The van der Waals surface area contributed by atoms with Crippen molar-refractivity contribution in [1.29, 1.82) is 0 Å². The van der Waals surface area contributed by atoms with Gasteiger partial charge in [-0.05, 0) is 65.9 Å². The van der Waals surface area contributed by atoms with E-state index in [-0.39, 0.29) is 24.4 Å². The van der Waals surface area contributed by atoms with Crippen LogP contribution in [0, 0.1) is 11.8 Å². The topological polar surface area (TPSA) is 77.8 Å². The predicted molar refractivity (Wildman–Crippen MR) is 115 cm³/mol. The highest BCUT2D eigenvalue weighted by atomic mass is 79.9. The lowest BCUT2D eigenvalue weighted by Crippen LogP contribution is -2.18. The van der Waals surface area contributed by atoms with Gasteiger partial charge in [-0.1, -0.05) is 24.3 Å². The minimum Gasteiger partial charge on any atom is -0.481 e. The van der Waals surface area contributed by atoms with E-state index in [2.05, 4.69) is 34.1 Å². The Kier molecular flexibility index (Phi) is 10.1. The molecule has 4 atom stereocenters. The molecule has 1 saturated carbocycles. The van der Waals surface area contributed by atoms with Crippen LogP contribution < -0.4 is 0 Å². The van der Waals surface area contributed by atoms with Crippen LogP contribution in [0.2, 0.25) is 0 Å². The van der Waals surface area contributed by atoms with Crippen molar-refractivity contribution < 1.29 is 20.1 Å². The van der Waals surface area contributed by atoms with E-state index in [0.29, 0.717) is 12.2 Å². The van der Waals surface area contributed by atoms with Crippen molar-refractivity contribution in [3.63, 3.8) is 0 Å². The number of allylic oxidation sites excluding steroid dienone is 3.